The Bertz CT molecular complexity index is 1230. The van der Waals surface area contributed by atoms with Crippen molar-refractivity contribution >= 4 is 28.0 Å². The van der Waals surface area contributed by atoms with Gasteiger partial charge in [-0.2, -0.15) is 5.10 Å². The molecule has 0 saturated heterocycles. The van der Waals surface area contributed by atoms with Crippen LogP contribution in [0.2, 0.25) is 0 Å². The van der Waals surface area contributed by atoms with Gasteiger partial charge in [0.05, 0.1) is 17.6 Å². The van der Waals surface area contributed by atoms with Crippen molar-refractivity contribution in [3.63, 3.8) is 0 Å². The van der Waals surface area contributed by atoms with Crippen molar-refractivity contribution in [3.05, 3.63) is 98.6 Å². The van der Waals surface area contributed by atoms with Crippen LogP contribution in [0.25, 0.3) is 10.8 Å². The number of fused-ring (bicyclic) bond motifs is 1. The SMILES string of the molecule is CC[C@H](C)c1ccc([C@@H](NC(=O)Cn2ncc3ccccc3c2=O)c2cccs2)cc1. The molecule has 2 aromatic carbocycles. The standard InChI is InChI=1S/C25H25N3O2S/c1-3-17(2)18-10-12-19(13-11-18)24(22-9-6-14-31-22)27-23(29)16-28-25(30)21-8-5-4-7-20(21)15-26-28/h4-15,17,24H,3,16H2,1-2H3,(H,27,29)/t17-,24+/m0/s1. The number of hydrogen-bond donors (Lipinski definition) is 1. The van der Waals surface area contributed by atoms with Crippen molar-refractivity contribution < 1.29 is 4.79 Å². The lowest BCUT2D eigenvalue weighted by Crippen LogP contribution is -2.35. The molecule has 158 valence electrons. The van der Waals surface area contributed by atoms with Crippen LogP contribution in [0, 0.1) is 0 Å². The highest BCUT2D eigenvalue weighted by Gasteiger charge is 2.19. The Hall–Kier alpha value is -3.25. The number of amides is 1. The average Bonchev–Trinajstić information content (AvgIpc) is 3.34. The van der Waals surface area contributed by atoms with E-state index in [1.54, 1.807) is 23.6 Å². The Labute approximate surface area is 185 Å². The van der Waals surface area contributed by atoms with Crippen LogP contribution in [0.3, 0.4) is 0 Å². The summed E-state index contributed by atoms with van der Waals surface area (Å²) >= 11 is 1.60. The fourth-order valence-corrected chi connectivity index (χ4v) is 4.41. The summed E-state index contributed by atoms with van der Waals surface area (Å²) in [4.78, 5) is 26.6. The summed E-state index contributed by atoms with van der Waals surface area (Å²) in [5.74, 6) is 0.240. The van der Waals surface area contributed by atoms with E-state index in [-0.39, 0.29) is 24.1 Å². The maximum absolute atomic E-state index is 12.9. The molecular weight excluding hydrogens is 406 g/mol. The molecule has 0 unspecified atom stereocenters. The van der Waals surface area contributed by atoms with Gasteiger partial charge in [-0.3, -0.25) is 9.59 Å². The summed E-state index contributed by atoms with van der Waals surface area (Å²) in [6.45, 7) is 4.26. The van der Waals surface area contributed by atoms with E-state index in [0.29, 0.717) is 11.3 Å². The quantitative estimate of drug-likeness (QED) is 0.454. The zero-order valence-corrected chi connectivity index (χ0v) is 18.4. The number of benzene rings is 2. The van der Waals surface area contributed by atoms with E-state index in [0.717, 1.165) is 22.2 Å². The maximum atomic E-state index is 12.9. The van der Waals surface area contributed by atoms with Gasteiger partial charge in [0.25, 0.3) is 5.56 Å². The topological polar surface area (TPSA) is 64.0 Å². The molecule has 0 radical (unpaired) electrons. The van der Waals surface area contributed by atoms with Crippen LogP contribution in [-0.2, 0) is 11.3 Å². The van der Waals surface area contributed by atoms with E-state index in [1.807, 2.05) is 35.7 Å². The molecule has 2 heterocycles. The summed E-state index contributed by atoms with van der Waals surface area (Å²) in [6, 6.07) is 19.4. The van der Waals surface area contributed by atoms with Gasteiger partial charge in [-0.25, -0.2) is 4.68 Å². The lowest BCUT2D eigenvalue weighted by molar-refractivity contribution is -0.122. The van der Waals surface area contributed by atoms with Crippen LogP contribution in [0.15, 0.2) is 77.0 Å². The van der Waals surface area contributed by atoms with Crippen molar-refractivity contribution in [3.8, 4) is 0 Å². The highest BCUT2D eigenvalue weighted by molar-refractivity contribution is 7.10. The first-order chi connectivity index (χ1) is 15.1. The highest BCUT2D eigenvalue weighted by Crippen LogP contribution is 2.28. The maximum Gasteiger partial charge on any atom is 0.275 e. The Morgan fingerprint density at radius 2 is 1.81 bits per heavy atom. The molecule has 2 atom stereocenters. The molecule has 0 aliphatic rings. The van der Waals surface area contributed by atoms with E-state index >= 15 is 0 Å². The van der Waals surface area contributed by atoms with E-state index in [2.05, 4.69) is 48.5 Å². The third-order valence-corrected chi connectivity index (χ3v) is 6.58. The summed E-state index contributed by atoms with van der Waals surface area (Å²) in [6.07, 6.45) is 2.70. The third kappa shape index (κ3) is 4.59. The molecule has 0 spiro atoms. The zero-order valence-electron chi connectivity index (χ0n) is 17.6. The fraction of sp³-hybridized carbons (Fsp3) is 0.240. The van der Waals surface area contributed by atoms with E-state index in [4.69, 9.17) is 0 Å². The van der Waals surface area contributed by atoms with Crippen LogP contribution < -0.4 is 10.9 Å². The van der Waals surface area contributed by atoms with Crippen molar-refractivity contribution in [1.82, 2.24) is 15.1 Å². The number of nitrogens with zero attached hydrogens (tertiary/aromatic N) is 2. The smallest absolute Gasteiger partial charge is 0.275 e. The lowest BCUT2D eigenvalue weighted by Gasteiger charge is -2.19. The number of nitrogens with one attached hydrogen (secondary N) is 1. The molecule has 1 N–H and O–H groups in total. The normalized spacial score (nSPS) is 13.1. The number of rotatable bonds is 7. The van der Waals surface area contributed by atoms with Crippen LogP contribution in [0.4, 0.5) is 0 Å². The highest BCUT2D eigenvalue weighted by atomic mass is 32.1. The number of hydrogen-bond acceptors (Lipinski definition) is 4. The molecule has 0 fully saturated rings. The Kier molecular flexibility index (Phi) is 6.28. The molecule has 31 heavy (non-hydrogen) atoms. The van der Waals surface area contributed by atoms with Gasteiger partial charge in [-0.05, 0) is 41.0 Å². The minimum atomic E-state index is -0.269. The molecule has 0 saturated carbocycles. The summed E-state index contributed by atoms with van der Waals surface area (Å²) in [5, 5.41) is 10.6. The van der Waals surface area contributed by atoms with Gasteiger partial charge in [0, 0.05) is 10.3 Å². The predicted molar refractivity (Wildman–Crippen MR) is 125 cm³/mol. The second-order valence-corrected chi connectivity index (χ2v) is 8.67. The molecule has 4 rings (SSSR count). The molecule has 4 aromatic rings. The number of carbonyl (C=O) groups is 1. The first-order valence-electron chi connectivity index (χ1n) is 10.4. The molecule has 0 bridgehead atoms. The van der Waals surface area contributed by atoms with Gasteiger partial charge in [-0.1, -0.05) is 62.4 Å². The minimum Gasteiger partial charge on any atom is -0.343 e. The second-order valence-electron chi connectivity index (χ2n) is 7.69. The zero-order chi connectivity index (χ0) is 21.8. The molecule has 0 aliphatic heterocycles. The number of carbonyl (C=O) groups excluding carboxylic acids is 1. The van der Waals surface area contributed by atoms with E-state index < -0.39 is 0 Å². The van der Waals surface area contributed by atoms with E-state index in [1.165, 1.54) is 10.2 Å². The van der Waals surface area contributed by atoms with Gasteiger partial charge in [0.1, 0.15) is 6.54 Å². The average molecular weight is 432 g/mol. The molecule has 6 heteroatoms. The lowest BCUT2D eigenvalue weighted by atomic mass is 9.95. The van der Waals surface area contributed by atoms with Crippen molar-refractivity contribution in [2.45, 2.75) is 38.8 Å². The van der Waals surface area contributed by atoms with Crippen molar-refractivity contribution in [1.29, 1.82) is 0 Å². The van der Waals surface area contributed by atoms with Crippen molar-refractivity contribution in [2.24, 2.45) is 0 Å². The van der Waals surface area contributed by atoms with Crippen LogP contribution >= 0.6 is 11.3 Å². The molecule has 0 aliphatic carbocycles. The Balaban J connectivity index is 1.57. The van der Waals surface area contributed by atoms with Crippen molar-refractivity contribution in [2.75, 3.05) is 0 Å². The Morgan fingerprint density at radius 3 is 2.52 bits per heavy atom. The molecule has 5 nitrogen and oxygen atoms in total. The van der Waals surface area contributed by atoms with Gasteiger partial charge in [0.2, 0.25) is 5.91 Å². The van der Waals surface area contributed by atoms with Gasteiger partial charge < -0.3 is 5.32 Å². The van der Waals surface area contributed by atoms with Crippen LogP contribution in [0.1, 0.15) is 48.2 Å². The van der Waals surface area contributed by atoms with E-state index in [9.17, 15) is 9.59 Å². The summed E-state index contributed by atoms with van der Waals surface area (Å²) in [7, 11) is 0. The number of thiophene rings is 1. The minimum absolute atomic E-state index is 0.128. The number of aromatic nitrogens is 2. The summed E-state index contributed by atoms with van der Waals surface area (Å²) < 4.78 is 1.22. The van der Waals surface area contributed by atoms with Gasteiger partial charge in [-0.15, -0.1) is 11.3 Å². The molecular formula is C25H25N3O2S. The monoisotopic (exact) mass is 431 g/mol. The largest absolute Gasteiger partial charge is 0.343 e. The second kappa shape index (κ2) is 9.27. The first kappa shape index (κ1) is 21.0. The fourth-order valence-electron chi connectivity index (χ4n) is 3.61. The predicted octanol–water partition coefficient (Wildman–Crippen LogP) is 4.88. The molecule has 2 aromatic heterocycles. The van der Waals surface area contributed by atoms with Crippen LogP contribution in [-0.4, -0.2) is 15.7 Å². The van der Waals surface area contributed by atoms with Crippen LogP contribution in [0.5, 0.6) is 0 Å². The van der Waals surface area contributed by atoms with Gasteiger partial charge >= 0.3 is 0 Å². The third-order valence-electron chi connectivity index (χ3n) is 5.64. The van der Waals surface area contributed by atoms with Gasteiger partial charge in [0.15, 0.2) is 0 Å². The Morgan fingerprint density at radius 1 is 1.06 bits per heavy atom. The summed E-state index contributed by atoms with van der Waals surface area (Å²) in [5.41, 5.74) is 2.04. The molecule has 1 amide bonds. The first-order valence-corrected chi connectivity index (χ1v) is 11.3.